The first-order valence-corrected chi connectivity index (χ1v) is 10.2. The maximum absolute atomic E-state index is 6.23. The molecular formula is C22H22ClN5O2. The average Bonchev–Trinajstić information content (AvgIpc) is 3.38. The molecule has 0 atom stereocenters. The Labute approximate surface area is 179 Å². The van der Waals surface area contributed by atoms with Crippen molar-refractivity contribution in [1.29, 1.82) is 0 Å². The molecule has 2 aromatic carbocycles. The predicted octanol–water partition coefficient (Wildman–Crippen LogP) is 5.16. The highest BCUT2D eigenvalue weighted by molar-refractivity contribution is 6.33. The first-order valence-electron chi connectivity index (χ1n) is 9.81. The van der Waals surface area contributed by atoms with Crippen molar-refractivity contribution >= 4 is 11.6 Å². The van der Waals surface area contributed by atoms with Gasteiger partial charge in [0.05, 0.1) is 23.7 Å². The molecule has 0 spiro atoms. The van der Waals surface area contributed by atoms with Gasteiger partial charge in [-0.2, -0.15) is 0 Å². The van der Waals surface area contributed by atoms with Gasteiger partial charge in [0.25, 0.3) is 0 Å². The molecule has 0 amide bonds. The van der Waals surface area contributed by atoms with Crippen LogP contribution in [0.2, 0.25) is 5.02 Å². The van der Waals surface area contributed by atoms with E-state index in [0.29, 0.717) is 41.7 Å². The lowest BCUT2D eigenvalue weighted by Gasteiger charge is -2.17. The Morgan fingerprint density at radius 3 is 2.27 bits per heavy atom. The fraction of sp³-hybridized carbons (Fsp3) is 0.273. The SMILES string of the molecule is CCCN(Cc1nnc(-c2cccc(C)c2)o1)Cc1nnc(-c2ccccc2Cl)o1. The molecule has 0 unspecified atom stereocenters. The first kappa shape index (κ1) is 20.3. The third-order valence-corrected chi connectivity index (χ3v) is 4.89. The Morgan fingerprint density at radius 1 is 0.867 bits per heavy atom. The molecule has 0 saturated carbocycles. The molecular weight excluding hydrogens is 402 g/mol. The molecule has 7 nitrogen and oxygen atoms in total. The number of aryl methyl sites for hydroxylation is 1. The summed E-state index contributed by atoms with van der Waals surface area (Å²) in [6.07, 6.45) is 0.963. The minimum absolute atomic E-state index is 0.409. The zero-order valence-corrected chi connectivity index (χ0v) is 17.6. The maximum atomic E-state index is 6.23. The largest absolute Gasteiger partial charge is 0.419 e. The molecule has 2 heterocycles. The monoisotopic (exact) mass is 423 g/mol. The van der Waals surface area contributed by atoms with E-state index in [0.717, 1.165) is 29.7 Å². The Morgan fingerprint density at radius 2 is 1.57 bits per heavy atom. The Balaban J connectivity index is 1.47. The van der Waals surface area contributed by atoms with Crippen LogP contribution in [-0.2, 0) is 13.1 Å². The van der Waals surface area contributed by atoms with Crippen molar-refractivity contribution in [3.05, 3.63) is 70.9 Å². The molecule has 2 aromatic heterocycles. The lowest BCUT2D eigenvalue weighted by Crippen LogP contribution is -2.24. The van der Waals surface area contributed by atoms with E-state index in [1.807, 2.05) is 49.4 Å². The van der Waals surface area contributed by atoms with E-state index in [4.69, 9.17) is 20.4 Å². The standard InChI is InChI=1S/C22H22ClN5O2/c1-3-11-28(13-19-24-26-21(29-19)16-8-6-7-15(2)12-16)14-20-25-27-22(30-20)17-9-4-5-10-18(17)23/h4-10,12H,3,11,13-14H2,1-2H3. The second-order valence-electron chi connectivity index (χ2n) is 7.06. The Hall–Kier alpha value is -3.03. The molecule has 8 heteroatoms. The van der Waals surface area contributed by atoms with Gasteiger partial charge < -0.3 is 8.83 Å². The van der Waals surface area contributed by atoms with E-state index in [-0.39, 0.29) is 0 Å². The molecule has 0 saturated heterocycles. The van der Waals surface area contributed by atoms with Crippen LogP contribution in [0.3, 0.4) is 0 Å². The number of benzene rings is 2. The smallest absolute Gasteiger partial charge is 0.249 e. The number of nitrogens with zero attached hydrogens (tertiary/aromatic N) is 5. The van der Waals surface area contributed by atoms with Crippen molar-refractivity contribution in [1.82, 2.24) is 25.3 Å². The highest BCUT2D eigenvalue weighted by atomic mass is 35.5. The lowest BCUT2D eigenvalue weighted by molar-refractivity contribution is 0.211. The third kappa shape index (κ3) is 4.75. The van der Waals surface area contributed by atoms with Gasteiger partial charge in [-0.3, -0.25) is 4.90 Å². The molecule has 0 bridgehead atoms. The summed E-state index contributed by atoms with van der Waals surface area (Å²) < 4.78 is 11.7. The van der Waals surface area contributed by atoms with E-state index in [1.165, 1.54) is 0 Å². The van der Waals surface area contributed by atoms with Crippen LogP contribution in [0.25, 0.3) is 22.9 Å². The van der Waals surface area contributed by atoms with Crippen LogP contribution >= 0.6 is 11.6 Å². The fourth-order valence-corrected chi connectivity index (χ4v) is 3.40. The first-order chi connectivity index (χ1) is 14.6. The van der Waals surface area contributed by atoms with Crippen molar-refractivity contribution in [2.45, 2.75) is 33.4 Å². The zero-order valence-electron chi connectivity index (χ0n) is 16.9. The summed E-state index contributed by atoms with van der Waals surface area (Å²) in [7, 11) is 0. The highest BCUT2D eigenvalue weighted by Crippen LogP contribution is 2.26. The van der Waals surface area contributed by atoms with E-state index in [2.05, 4.69) is 32.2 Å². The molecule has 0 aliphatic carbocycles. The van der Waals surface area contributed by atoms with Gasteiger partial charge in [-0.25, -0.2) is 0 Å². The molecule has 0 fully saturated rings. The van der Waals surface area contributed by atoms with Crippen molar-refractivity contribution < 1.29 is 8.83 Å². The second-order valence-corrected chi connectivity index (χ2v) is 7.47. The average molecular weight is 424 g/mol. The summed E-state index contributed by atoms with van der Waals surface area (Å²) in [4.78, 5) is 2.14. The summed E-state index contributed by atoms with van der Waals surface area (Å²) in [5, 5.41) is 17.3. The van der Waals surface area contributed by atoms with Crippen LogP contribution in [-0.4, -0.2) is 31.8 Å². The van der Waals surface area contributed by atoms with Crippen LogP contribution in [0.5, 0.6) is 0 Å². The zero-order chi connectivity index (χ0) is 20.9. The molecule has 4 aromatic rings. The van der Waals surface area contributed by atoms with Crippen LogP contribution in [0.1, 0.15) is 30.7 Å². The van der Waals surface area contributed by atoms with Crippen LogP contribution < -0.4 is 0 Å². The molecule has 154 valence electrons. The highest BCUT2D eigenvalue weighted by Gasteiger charge is 2.17. The van der Waals surface area contributed by atoms with Crippen molar-refractivity contribution in [2.75, 3.05) is 6.54 Å². The van der Waals surface area contributed by atoms with E-state index < -0.39 is 0 Å². The number of aromatic nitrogens is 4. The fourth-order valence-electron chi connectivity index (χ4n) is 3.19. The summed E-state index contributed by atoms with van der Waals surface area (Å²) in [6.45, 7) is 5.95. The second kappa shape index (κ2) is 9.19. The number of hydrogen-bond acceptors (Lipinski definition) is 7. The van der Waals surface area contributed by atoms with Crippen molar-refractivity contribution in [3.63, 3.8) is 0 Å². The van der Waals surface area contributed by atoms with Gasteiger partial charge in [-0.15, -0.1) is 20.4 Å². The number of rotatable bonds is 8. The normalized spacial score (nSPS) is 11.3. The topological polar surface area (TPSA) is 81.1 Å². The van der Waals surface area contributed by atoms with Crippen molar-refractivity contribution in [2.24, 2.45) is 0 Å². The number of halogens is 1. The molecule has 30 heavy (non-hydrogen) atoms. The molecule has 0 aliphatic rings. The predicted molar refractivity (Wildman–Crippen MR) is 114 cm³/mol. The lowest BCUT2D eigenvalue weighted by atomic mass is 10.1. The van der Waals surface area contributed by atoms with Gasteiger partial charge in [0.15, 0.2) is 0 Å². The van der Waals surface area contributed by atoms with Gasteiger partial charge in [-0.05, 0) is 44.2 Å². The van der Waals surface area contributed by atoms with Gasteiger partial charge in [0.1, 0.15) is 0 Å². The van der Waals surface area contributed by atoms with Gasteiger partial charge >= 0.3 is 0 Å². The Kier molecular flexibility index (Phi) is 6.21. The minimum atomic E-state index is 0.409. The van der Waals surface area contributed by atoms with Crippen LogP contribution in [0, 0.1) is 6.92 Å². The molecule has 4 rings (SSSR count). The van der Waals surface area contributed by atoms with Crippen LogP contribution in [0.15, 0.2) is 57.4 Å². The van der Waals surface area contributed by atoms with E-state index in [9.17, 15) is 0 Å². The molecule has 0 N–H and O–H groups in total. The van der Waals surface area contributed by atoms with Gasteiger partial charge in [-0.1, -0.05) is 48.4 Å². The quantitative estimate of drug-likeness (QED) is 0.387. The number of hydrogen-bond donors (Lipinski definition) is 0. The molecule has 0 aliphatic heterocycles. The minimum Gasteiger partial charge on any atom is -0.419 e. The van der Waals surface area contributed by atoms with Gasteiger partial charge in [0, 0.05) is 5.56 Å². The summed E-state index contributed by atoms with van der Waals surface area (Å²) in [5.41, 5.74) is 2.78. The summed E-state index contributed by atoms with van der Waals surface area (Å²) in [5.74, 6) is 1.98. The van der Waals surface area contributed by atoms with E-state index >= 15 is 0 Å². The van der Waals surface area contributed by atoms with Gasteiger partial charge in [0.2, 0.25) is 23.6 Å². The third-order valence-electron chi connectivity index (χ3n) is 4.56. The van der Waals surface area contributed by atoms with Crippen LogP contribution in [0.4, 0.5) is 0 Å². The summed E-state index contributed by atoms with van der Waals surface area (Å²) >= 11 is 6.23. The summed E-state index contributed by atoms with van der Waals surface area (Å²) in [6, 6.07) is 15.4. The Bertz CT molecular complexity index is 1120. The maximum Gasteiger partial charge on any atom is 0.249 e. The van der Waals surface area contributed by atoms with E-state index in [1.54, 1.807) is 6.07 Å². The molecule has 0 radical (unpaired) electrons. The van der Waals surface area contributed by atoms with Crippen molar-refractivity contribution in [3.8, 4) is 22.9 Å².